The summed E-state index contributed by atoms with van der Waals surface area (Å²) in [4.78, 5) is 2.47. The summed E-state index contributed by atoms with van der Waals surface area (Å²) in [5.74, 6) is 1.20. The molecule has 0 saturated carbocycles. The Labute approximate surface area is 95.7 Å². The minimum absolute atomic E-state index is 0.464. The SMILES string of the molecule is CC.CC(C)CN1CCC(C(C)(C)O)C1. The van der Waals surface area contributed by atoms with Crippen LogP contribution in [-0.4, -0.2) is 35.2 Å². The van der Waals surface area contributed by atoms with Gasteiger partial charge in [0.25, 0.3) is 0 Å². The summed E-state index contributed by atoms with van der Waals surface area (Å²) in [5, 5.41) is 9.84. The molecule has 0 amide bonds. The average Bonchev–Trinajstić information content (AvgIpc) is 2.54. The van der Waals surface area contributed by atoms with Crippen LogP contribution in [0.3, 0.4) is 0 Å². The predicted molar refractivity (Wildman–Crippen MR) is 67.0 cm³/mol. The van der Waals surface area contributed by atoms with Gasteiger partial charge in [-0.1, -0.05) is 27.7 Å². The first-order valence-corrected chi connectivity index (χ1v) is 6.34. The molecule has 1 unspecified atom stereocenters. The van der Waals surface area contributed by atoms with E-state index >= 15 is 0 Å². The van der Waals surface area contributed by atoms with Crippen LogP contribution in [0.4, 0.5) is 0 Å². The van der Waals surface area contributed by atoms with E-state index in [1.54, 1.807) is 0 Å². The molecule has 0 aromatic heterocycles. The number of likely N-dealkylation sites (tertiary alicyclic amines) is 1. The van der Waals surface area contributed by atoms with Gasteiger partial charge in [0.05, 0.1) is 5.60 Å². The van der Waals surface area contributed by atoms with Crippen LogP contribution in [0.5, 0.6) is 0 Å². The van der Waals surface area contributed by atoms with E-state index in [4.69, 9.17) is 0 Å². The number of hydrogen-bond donors (Lipinski definition) is 1. The van der Waals surface area contributed by atoms with Gasteiger partial charge in [0.15, 0.2) is 0 Å². The molecule has 15 heavy (non-hydrogen) atoms. The van der Waals surface area contributed by atoms with Crippen molar-refractivity contribution in [3.8, 4) is 0 Å². The summed E-state index contributed by atoms with van der Waals surface area (Å²) in [6.45, 7) is 15.8. The molecule has 0 aromatic carbocycles. The van der Waals surface area contributed by atoms with Crippen LogP contribution in [0.25, 0.3) is 0 Å². The molecule has 1 fully saturated rings. The molecule has 1 N–H and O–H groups in total. The van der Waals surface area contributed by atoms with Crippen molar-refractivity contribution in [2.45, 2.75) is 53.6 Å². The molecule has 1 aliphatic heterocycles. The molecule has 1 saturated heterocycles. The molecule has 0 spiro atoms. The van der Waals surface area contributed by atoms with E-state index in [9.17, 15) is 5.11 Å². The average molecular weight is 215 g/mol. The van der Waals surface area contributed by atoms with Gasteiger partial charge in [-0.15, -0.1) is 0 Å². The van der Waals surface area contributed by atoms with E-state index in [1.807, 2.05) is 27.7 Å². The van der Waals surface area contributed by atoms with Crippen molar-refractivity contribution >= 4 is 0 Å². The van der Waals surface area contributed by atoms with Gasteiger partial charge >= 0.3 is 0 Å². The molecule has 92 valence electrons. The number of nitrogens with zero attached hydrogens (tertiary/aromatic N) is 1. The van der Waals surface area contributed by atoms with Crippen LogP contribution in [-0.2, 0) is 0 Å². The van der Waals surface area contributed by atoms with Crippen molar-refractivity contribution in [3.63, 3.8) is 0 Å². The standard InChI is InChI=1S/C11H23NO.C2H6/c1-9(2)7-12-6-5-10(8-12)11(3,4)13;1-2/h9-10,13H,5-8H2,1-4H3;1-2H3. The second kappa shape index (κ2) is 6.49. The van der Waals surface area contributed by atoms with Crippen LogP contribution in [0, 0.1) is 11.8 Å². The van der Waals surface area contributed by atoms with Gasteiger partial charge in [-0.2, -0.15) is 0 Å². The van der Waals surface area contributed by atoms with Crippen molar-refractivity contribution in [2.75, 3.05) is 19.6 Å². The van der Waals surface area contributed by atoms with Crippen molar-refractivity contribution in [2.24, 2.45) is 11.8 Å². The predicted octanol–water partition coefficient (Wildman–Crippen LogP) is 2.76. The highest BCUT2D eigenvalue weighted by Crippen LogP contribution is 2.27. The fourth-order valence-electron chi connectivity index (χ4n) is 2.09. The van der Waals surface area contributed by atoms with Gasteiger partial charge in [-0.3, -0.25) is 0 Å². The highest BCUT2D eigenvalue weighted by Gasteiger charge is 2.33. The Bertz CT molecular complexity index is 160. The molecule has 0 aliphatic carbocycles. The fraction of sp³-hybridized carbons (Fsp3) is 1.00. The van der Waals surface area contributed by atoms with Gasteiger partial charge in [-0.25, -0.2) is 0 Å². The summed E-state index contributed by atoms with van der Waals surface area (Å²) >= 11 is 0. The Morgan fingerprint density at radius 2 is 1.87 bits per heavy atom. The molecular formula is C13H29NO. The zero-order chi connectivity index (χ0) is 12.1. The van der Waals surface area contributed by atoms with Gasteiger partial charge in [0.1, 0.15) is 0 Å². The number of rotatable bonds is 3. The third-order valence-corrected chi connectivity index (χ3v) is 2.89. The number of aliphatic hydroxyl groups is 1. The monoisotopic (exact) mass is 215 g/mol. The molecule has 2 heteroatoms. The zero-order valence-electron chi connectivity index (χ0n) is 11.4. The first-order valence-electron chi connectivity index (χ1n) is 6.34. The second-order valence-electron chi connectivity index (χ2n) is 5.29. The Morgan fingerprint density at radius 1 is 1.33 bits per heavy atom. The van der Waals surface area contributed by atoms with Crippen molar-refractivity contribution in [3.05, 3.63) is 0 Å². The minimum atomic E-state index is -0.494. The first-order chi connectivity index (χ1) is 6.89. The van der Waals surface area contributed by atoms with Crippen LogP contribution >= 0.6 is 0 Å². The molecule has 0 bridgehead atoms. The van der Waals surface area contributed by atoms with Crippen molar-refractivity contribution < 1.29 is 5.11 Å². The summed E-state index contributed by atoms with van der Waals surface area (Å²) in [5.41, 5.74) is -0.494. The quantitative estimate of drug-likeness (QED) is 0.782. The van der Waals surface area contributed by atoms with Crippen molar-refractivity contribution in [1.82, 2.24) is 4.90 Å². The third-order valence-electron chi connectivity index (χ3n) is 2.89. The Kier molecular flexibility index (Phi) is 6.46. The lowest BCUT2D eigenvalue weighted by atomic mass is 9.90. The third kappa shape index (κ3) is 5.53. The summed E-state index contributed by atoms with van der Waals surface area (Å²) in [6.07, 6.45) is 1.15. The fourth-order valence-corrected chi connectivity index (χ4v) is 2.09. The molecule has 1 rings (SSSR count). The van der Waals surface area contributed by atoms with Gasteiger partial charge < -0.3 is 10.0 Å². The molecular weight excluding hydrogens is 186 g/mol. The molecule has 1 heterocycles. The molecule has 1 atom stereocenters. The summed E-state index contributed by atoms with van der Waals surface area (Å²) in [6, 6.07) is 0. The Morgan fingerprint density at radius 3 is 2.20 bits per heavy atom. The smallest absolute Gasteiger partial charge is 0.0632 e. The summed E-state index contributed by atoms with van der Waals surface area (Å²) < 4.78 is 0. The topological polar surface area (TPSA) is 23.5 Å². The number of hydrogen-bond acceptors (Lipinski definition) is 2. The maximum Gasteiger partial charge on any atom is 0.0632 e. The highest BCUT2D eigenvalue weighted by molar-refractivity contribution is 4.86. The molecule has 0 radical (unpaired) electrons. The van der Waals surface area contributed by atoms with Crippen LogP contribution in [0.1, 0.15) is 48.0 Å². The van der Waals surface area contributed by atoms with Gasteiger partial charge in [-0.05, 0) is 32.7 Å². The van der Waals surface area contributed by atoms with E-state index in [2.05, 4.69) is 18.7 Å². The maximum atomic E-state index is 9.84. The Hall–Kier alpha value is -0.0800. The van der Waals surface area contributed by atoms with Crippen LogP contribution < -0.4 is 0 Å². The van der Waals surface area contributed by atoms with E-state index in [1.165, 1.54) is 6.54 Å². The second-order valence-corrected chi connectivity index (χ2v) is 5.29. The van der Waals surface area contributed by atoms with Crippen molar-refractivity contribution in [1.29, 1.82) is 0 Å². The van der Waals surface area contributed by atoms with Gasteiger partial charge in [0.2, 0.25) is 0 Å². The minimum Gasteiger partial charge on any atom is -0.390 e. The molecule has 1 aliphatic rings. The van der Waals surface area contributed by atoms with E-state index in [0.717, 1.165) is 25.4 Å². The van der Waals surface area contributed by atoms with Crippen LogP contribution in [0.2, 0.25) is 0 Å². The normalized spacial score (nSPS) is 22.8. The lowest BCUT2D eigenvalue weighted by Crippen LogP contribution is -2.34. The first kappa shape index (κ1) is 14.9. The lowest BCUT2D eigenvalue weighted by molar-refractivity contribution is 0.0207. The zero-order valence-corrected chi connectivity index (χ0v) is 11.4. The largest absolute Gasteiger partial charge is 0.390 e. The molecule has 0 aromatic rings. The Balaban J connectivity index is 0.000000921. The van der Waals surface area contributed by atoms with Crippen LogP contribution in [0.15, 0.2) is 0 Å². The lowest BCUT2D eigenvalue weighted by Gasteiger charge is -2.26. The van der Waals surface area contributed by atoms with E-state index < -0.39 is 5.60 Å². The molecule has 2 nitrogen and oxygen atoms in total. The highest BCUT2D eigenvalue weighted by atomic mass is 16.3. The van der Waals surface area contributed by atoms with E-state index in [-0.39, 0.29) is 0 Å². The van der Waals surface area contributed by atoms with Gasteiger partial charge in [0, 0.05) is 19.0 Å². The van der Waals surface area contributed by atoms with E-state index in [0.29, 0.717) is 5.92 Å². The summed E-state index contributed by atoms with van der Waals surface area (Å²) in [7, 11) is 0. The maximum absolute atomic E-state index is 9.84.